The van der Waals surface area contributed by atoms with Gasteiger partial charge >= 0.3 is 13.8 Å². The second kappa shape index (κ2) is 8.43. The number of benzene rings is 2. The number of alkyl halides is 2. The van der Waals surface area contributed by atoms with Crippen molar-refractivity contribution in [3.05, 3.63) is 63.9 Å². The summed E-state index contributed by atoms with van der Waals surface area (Å²) in [6, 6.07) is 10.9. The van der Waals surface area contributed by atoms with Crippen molar-refractivity contribution in [1.29, 1.82) is 0 Å². The molecule has 0 saturated heterocycles. The average Bonchev–Trinajstić information content (AvgIpc) is 2.50. The lowest BCUT2D eigenvalue weighted by molar-refractivity contribution is 0.188. The molecule has 0 aromatic heterocycles. The second-order valence-corrected chi connectivity index (χ2v) is 8.36. The van der Waals surface area contributed by atoms with E-state index >= 15 is 0 Å². The van der Waals surface area contributed by atoms with E-state index in [0.29, 0.717) is 16.0 Å². The van der Waals surface area contributed by atoms with Gasteiger partial charge in [0.25, 0.3) is 0 Å². The Labute approximate surface area is 149 Å². The Bertz CT molecular complexity index is 760. The molecule has 2 aromatic carbocycles. The van der Waals surface area contributed by atoms with Gasteiger partial charge in [0.15, 0.2) is 0 Å². The van der Waals surface area contributed by atoms with Crippen LogP contribution in [-0.4, -0.2) is 11.1 Å². The monoisotopic (exact) mass is 440 g/mol. The lowest BCUT2D eigenvalue weighted by Crippen LogP contribution is -2.01. The highest BCUT2D eigenvalue weighted by Crippen LogP contribution is 2.50. The number of rotatable bonds is 7. The molecule has 0 amide bonds. The summed E-state index contributed by atoms with van der Waals surface area (Å²) in [5.41, 5.74) is 1.72. The van der Waals surface area contributed by atoms with Gasteiger partial charge in [-0.25, -0.2) is 8.96 Å². The van der Waals surface area contributed by atoms with Crippen molar-refractivity contribution < 1.29 is 27.2 Å². The number of halogens is 4. The molecule has 2 aromatic rings. The van der Waals surface area contributed by atoms with Gasteiger partial charge in [-0.3, -0.25) is 0 Å². The molecule has 9 heteroatoms. The Morgan fingerprint density at radius 2 is 1.83 bits per heavy atom. The van der Waals surface area contributed by atoms with Crippen molar-refractivity contribution in [2.75, 3.05) is 0 Å². The van der Waals surface area contributed by atoms with Crippen LogP contribution in [0.25, 0.3) is 0 Å². The predicted molar refractivity (Wildman–Crippen MR) is 92.0 cm³/mol. The highest BCUT2D eigenvalue weighted by atomic mass is 79.9. The van der Waals surface area contributed by atoms with Crippen molar-refractivity contribution in [1.82, 2.24) is 0 Å². The number of thioether (sulfide) groups is 1. The van der Waals surface area contributed by atoms with E-state index < -0.39 is 13.8 Å². The maximum Gasteiger partial charge on any atom is 0.442 e. The smallest absolute Gasteiger partial charge is 0.420 e. The van der Waals surface area contributed by atoms with Crippen LogP contribution in [0.1, 0.15) is 11.1 Å². The van der Waals surface area contributed by atoms with E-state index in [9.17, 15) is 17.7 Å². The minimum Gasteiger partial charge on any atom is -0.420 e. The summed E-state index contributed by atoms with van der Waals surface area (Å²) >= 11 is 4.68. The molecule has 2 rings (SSSR count). The van der Waals surface area contributed by atoms with Crippen LogP contribution in [0.2, 0.25) is 0 Å². The van der Waals surface area contributed by atoms with Crippen LogP contribution in [0.3, 0.4) is 0 Å². The minimum atomic E-state index is -5.00. The zero-order valence-corrected chi connectivity index (χ0v) is 15.5. The molecule has 3 nitrogen and oxygen atoms in total. The molecular weight excluding hydrogens is 428 g/mol. The first-order chi connectivity index (χ1) is 11.3. The summed E-state index contributed by atoms with van der Waals surface area (Å²) in [7, 11) is -5.00. The zero-order valence-electron chi connectivity index (χ0n) is 12.2. The third kappa shape index (κ3) is 5.55. The Kier molecular flexibility index (Phi) is 6.80. The SMILES string of the molecule is O=P(O)(Oc1ccc(CSCc2cccc(F)c2)cc1Br)C(F)F. The highest BCUT2D eigenvalue weighted by Gasteiger charge is 2.34. The Balaban J connectivity index is 1.96. The summed E-state index contributed by atoms with van der Waals surface area (Å²) in [4.78, 5) is 9.06. The molecule has 130 valence electrons. The third-order valence-electron chi connectivity index (χ3n) is 2.90. The molecule has 1 N–H and O–H groups in total. The van der Waals surface area contributed by atoms with Crippen molar-refractivity contribution >= 4 is 35.3 Å². The molecule has 0 fully saturated rings. The Morgan fingerprint density at radius 1 is 1.17 bits per heavy atom. The molecule has 0 radical (unpaired) electrons. The highest BCUT2D eigenvalue weighted by molar-refractivity contribution is 9.10. The number of hydrogen-bond acceptors (Lipinski definition) is 3. The fourth-order valence-corrected chi connectivity index (χ4v) is 3.89. The maximum atomic E-state index is 13.1. The first-order valence-corrected chi connectivity index (χ1v) is 10.3. The van der Waals surface area contributed by atoms with Crippen LogP contribution >= 0.6 is 35.3 Å². The van der Waals surface area contributed by atoms with Crippen LogP contribution in [-0.2, 0) is 16.1 Å². The van der Waals surface area contributed by atoms with Crippen LogP contribution in [0.4, 0.5) is 13.2 Å². The molecule has 0 aliphatic carbocycles. The average molecular weight is 441 g/mol. The van der Waals surface area contributed by atoms with Gasteiger partial charge in [0.1, 0.15) is 11.6 Å². The molecule has 0 spiro atoms. The quantitative estimate of drug-likeness (QED) is 0.552. The predicted octanol–water partition coefficient (Wildman–Crippen LogP) is 5.81. The third-order valence-corrected chi connectivity index (χ3v) is 5.54. The largest absolute Gasteiger partial charge is 0.442 e. The van der Waals surface area contributed by atoms with E-state index in [1.807, 2.05) is 6.07 Å². The molecule has 0 heterocycles. The Hall–Kier alpha value is -0.950. The summed E-state index contributed by atoms with van der Waals surface area (Å²) < 4.78 is 53.9. The molecule has 0 aliphatic heterocycles. The molecule has 0 saturated carbocycles. The van der Waals surface area contributed by atoms with Gasteiger partial charge in [-0.1, -0.05) is 18.2 Å². The second-order valence-electron chi connectivity index (χ2n) is 4.82. The molecule has 0 aliphatic rings. The fraction of sp³-hybridized carbons (Fsp3) is 0.200. The summed E-state index contributed by atoms with van der Waals surface area (Å²) in [5.74, 6) is 0.802. The van der Waals surface area contributed by atoms with Gasteiger partial charge in [-0.2, -0.15) is 20.5 Å². The van der Waals surface area contributed by atoms with E-state index in [-0.39, 0.29) is 11.6 Å². The normalized spacial score (nSPS) is 13.8. The molecule has 0 bridgehead atoms. The summed E-state index contributed by atoms with van der Waals surface area (Å²) in [6.07, 6.45) is -3.47. The fourth-order valence-electron chi connectivity index (χ4n) is 1.80. The molecule has 1 atom stereocenters. The lowest BCUT2D eigenvalue weighted by atomic mass is 10.2. The van der Waals surface area contributed by atoms with Crippen LogP contribution in [0, 0.1) is 5.82 Å². The van der Waals surface area contributed by atoms with Crippen LogP contribution in [0.15, 0.2) is 46.9 Å². The van der Waals surface area contributed by atoms with E-state index in [2.05, 4.69) is 20.5 Å². The topological polar surface area (TPSA) is 46.5 Å². The van der Waals surface area contributed by atoms with E-state index in [0.717, 1.165) is 11.1 Å². The van der Waals surface area contributed by atoms with Crippen molar-refractivity contribution in [2.24, 2.45) is 0 Å². The van der Waals surface area contributed by atoms with E-state index in [1.165, 1.54) is 18.2 Å². The standard InChI is InChI=1S/C15H13BrF3O3PS/c16-13-7-11(4-5-14(13)22-23(20,21)15(18)19)9-24-8-10-2-1-3-12(17)6-10/h1-7,15H,8-9H2,(H,20,21). The molecule has 24 heavy (non-hydrogen) atoms. The van der Waals surface area contributed by atoms with Gasteiger partial charge in [-0.05, 0) is 51.3 Å². The van der Waals surface area contributed by atoms with Crippen molar-refractivity contribution in [2.45, 2.75) is 17.7 Å². The van der Waals surface area contributed by atoms with Crippen molar-refractivity contribution in [3.63, 3.8) is 0 Å². The summed E-state index contributed by atoms with van der Waals surface area (Å²) in [5, 5.41) is 0. The first-order valence-electron chi connectivity index (χ1n) is 6.69. The van der Waals surface area contributed by atoms with Gasteiger partial charge in [0, 0.05) is 11.5 Å². The minimum absolute atomic E-state index is 0.125. The molecule has 1 unspecified atom stereocenters. The van der Waals surface area contributed by atoms with Crippen molar-refractivity contribution in [3.8, 4) is 5.75 Å². The van der Waals surface area contributed by atoms with Gasteiger partial charge in [-0.15, -0.1) is 0 Å². The van der Waals surface area contributed by atoms with E-state index in [1.54, 1.807) is 30.0 Å². The van der Waals surface area contributed by atoms with Crippen LogP contribution < -0.4 is 4.52 Å². The first kappa shape index (κ1) is 19.4. The Morgan fingerprint density at radius 3 is 2.42 bits per heavy atom. The lowest BCUT2D eigenvalue weighted by Gasteiger charge is -2.14. The number of hydrogen-bond donors (Lipinski definition) is 1. The van der Waals surface area contributed by atoms with Gasteiger partial charge in [0.05, 0.1) is 4.47 Å². The van der Waals surface area contributed by atoms with Gasteiger partial charge < -0.3 is 9.42 Å². The van der Waals surface area contributed by atoms with Gasteiger partial charge in [0.2, 0.25) is 0 Å². The van der Waals surface area contributed by atoms with Crippen LogP contribution in [0.5, 0.6) is 5.75 Å². The molecular formula is C15H13BrF3O3PS. The zero-order chi connectivity index (χ0) is 17.7. The maximum absolute atomic E-state index is 13.1. The summed E-state index contributed by atoms with van der Waals surface area (Å²) in [6.45, 7) is 0. The van der Waals surface area contributed by atoms with E-state index in [4.69, 9.17) is 4.89 Å².